The summed E-state index contributed by atoms with van der Waals surface area (Å²) in [5.41, 5.74) is 3.92. The number of rotatable bonds is 7. The molecule has 2 aromatic carbocycles. The lowest BCUT2D eigenvalue weighted by Gasteiger charge is -2.35. The molecule has 1 saturated carbocycles. The van der Waals surface area contributed by atoms with E-state index in [1.54, 1.807) is 20.4 Å². The first kappa shape index (κ1) is 21.5. The van der Waals surface area contributed by atoms with Crippen molar-refractivity contribution in [2.24, 2.45) is 0 Å². The summed E-state index contributed by atoms with van der Waals surface area (Å²) in [6.07, 6.45) is 4.00. The molecule has 1 aliphatic carbocycles. The van der Waals surface area contributed by atoms with Crippen molar-refractivity contribution in [2.45, 2.75) is 25.3 Å². The summed E-state index contributed by atoms with van der Waals surface area (Å²) in [4.78, 5) is 17.8. The van der Waals surface area contributed by atoms with E-state index in [9.17, 15) is 4.79 Å². The first-order chi connectivity index (χ1) is 16.2. The Hall–Kier alpha value is -3.32. The zero-order valence-corrected chi connectivity index (χ0v) is 19.2. The molecular formula is C26H30N4O3. The maximum absolute atomic E-state index is 13.5. The lowest BCUT2D eigenvalue weighted by molar-refractivity contribution is 0.0626. The molecule has 1 amide bonds. The van der Waals surface area contributed by atoms with Crippen molar-refractivity contribution in [2.75, 3.05) is 40.4 Å². The van der Waals surface area contributed by atoms with Crippen LogP contribution < -0.4 is 9.47 Å². The van der Waals surface area contributed by atoms with E-state index in [-0.39, 0.29) is 5.91 Å². The largest absolute Gasteiger partial charge is 0.497 e. The number of nitrogens with zero attached hydrogens (tertiary/aromatic N) is 4. The molecule has 7 nitrogen and oxygen atoms in total. The molecule has 3 aromatic rings. The highest BCUT2D eigenvalue weighted by molar-refractivity contribution is 5.95. The van der Waals surface area contributed by atoms with Crippen molar-refractivity contribution >= 4 is 5.91 Å². The van der Waals surface area contributed by atoms with Gasteiger partial charge in [0.05, 0.1) is 37.4 Å². The van der Waals surface area contributed by atoms with Crippen molar-refractivity contribution in [1.82, 2.24) is 19.6 Å². The Balaban J connectivity index is 1.28. The summed E-state index contributed by atoms with van der Waals surface area (Å²) < 4.78 is 12.9. The van der Waals surface area contributed by atoms with Crippen LogP contribution in [0, 0.1) is 0 Å². The average Bonchev–Trinajstić information content (AvgIpc) is 3.62. The van der Waals surface area contributed by atoms with Crippen LogP contribution in [0.5, 0.6) is 11.5 Å². The van der Waals surface area contributed by atoms with Gasteiger partial charge in [-0.3, -0.25) is 9.69 Å². The number of benzene rings is 2. The monoisotopic (exact) mass is 446 g/mol. The maximum atomic E-state index is 13.5. The molecule has 172 valence electrons. The Kier molecular flexibility index (Phi) is 6.05. The van der Waals surface area contributed by atoms with Crippen LogP contribution >= 0.6 is 0 Å². The van der Waals surface area contributed by atoms with Crippen LogP contribution in [0.2, 0.25) is 0 Å². The second-order valence-corrected chi connectivity index (χ2v) is 8.71. The Bertz CT molecular complexity index is 1120. The standard InChI is InChI=1S/C26H30N4O3/c1-32-22-10-11-24(33-2)20(16-22)18-28-12-14-29(15-13-28)26(31)23-17-27-30(25(23)19-8-9-19)21-6-4-3-5-7-21/h3-7,10-11,16-17,19H,8-9,12-15,18H2,1-2H3. The first-order valence-corrected chi connectivity index (χ1v) is 11.5. The molecule has 33 heavy (non-hydrogen) atoms. The second-order valence-electron chi connectivity index (χ2n) is 8.71. The molecule has 2 fully saturated rings. The highest BCUT2D eigenvalue weighted by Gasteiger charge is 2.35. The SMILES string of the molecule is COc1ccc(OC)c(CN2CCN(C(=O)c3cnn(-c4ccccc4)c3C3CC3)CC2)c1. The summed E-state index contributed by atoms with van der Waals surface area (Å²) >= 11 is 0. The molecule has 0 bridgehead atoms. The first-order valence-electron chi connectivity index (χ1n) is 11.5. The second kappa shape index (κ2) is 9.27. The topological polar surface area (TPSA) is 59.8 Å². The minimum absolute atomic E-state index is 0.0951. The number of methoxy groups -OCH3 is 2. The van der Waals surface area contributed by atoms with Crippen LogP contribution in [0.4, 0.5) is 0 Å². The smallest absolute Gasteiger partial charge is 0.257 e. The van der Waals surface area contributed by atoms with E-state index in [1.165, 1.54) is 0 Å². The third-order valence-electron chi connectivity index (χ3n) is 6.54. The molecule has 1 saturated heterocycles. The quantitative estimate of drug-likeness (QED) is 0.554. The summed E-state index contributed by atoms with van der Waals surface area (Å²) in [5, 5.41) is 4.60. The van der Waals surface area contributed by atoms with E-state index < -0.39 is 0 Å². The lowest BCUT2D eigenvalue weighted by Crippen LogP contribution is -2.48. The average molecular weight is 447 g/mol. The fourth-order valence-corrected chi connectivity index (χ4v) is 4.57. The third kappa shape index (κ3) is 4.46. The van der Waals surface area contributed by atoms with Crippen molar-refractivity contribution in [3.63, 3.8) is 0 Å². The van der Waals surface area contributed by atoms with Gasteiger partial charge in [0.2, 0.25) is 0 Å². The number of hydrogen-bond acceptors (Lipinski definition) is 5. The lowest BCUT2D eigenvalue weighted by atomic mass is 10.1. The normalized spacial score (nSPS) is 16.6. The van der Waals surface area contributed by atoms with E-state index in [0.717, 1.165) is 66.5 Å². The highest BCUT2D eigenvalue weighted by Crippen LogP contribution is 2.42. The van der Waals surface area contributed by atoms with Gasteiger partial charge in [0.25, 0.3) is 5.91 Å². The molecule has 5 rings (SSSR count). The molecule has 2 aliphatic rings. The highest BCUT2D eigenvalue weighted by atomic mass is 16.5. The number of aromatic nitrogens is 2. The molecule has 0 atom stereocenters. The van der Waals surface area contributed by atoms with E-state index in [2.05, 4.69) is 10.00 Å². The van der Waals surface area contributed by atoms with Gasteiger partial charge < -0.3 is 14.4 Å². The zero-order chi connectivity index (χ0) is 22.8. The number of ether oxygens (including phenoxy) is 2. The molecule has 1 aliphatic heterocycles. The van der Waals surface area contributed by atoms with Crippen LogP contribution in [-0.2, 0) is 6.54 Å². The van der Waals surface area contributed by atoms with Crippen LogP contribution in [0.15, 0.2) is 54.7 Å². The van der Waals surface area contributed by atoms with E-state index >= 15 is 0 Å². The molecule has 0 spiro atoms. The van der Waals surface area contributed by atoms with Crippen LogP contribution in [0.25, 0.3) is 5.69 Å². The van der Waals surface area contributed by atoms with Gasteiger partial charge in [-0.15, -0.1) is 0 Å². The van der Waals surface area contributed by atoms with Crippen LogP contribution in [0.3, 0.4) is 0 Å². The fraction of sp³-hybridized carbons (Fsp3) is 0.385. The number of piperazine rings is 1. The van der Waals surface area contributed by atoms with Crippen molar-refractivity contribution in [1.29, 1.82) is 0 Å². The number of carbonyl (C=O) groups excluding carboxylic acids is 1. The molecule has 0 N–H and O–H groups in total. The predicted molar refractivity (Wildman–Crippen MR) is 126 cm³/mol. The van der Waals surface area contributed by atoms with Gasteiger partial charge in [0.1, 0.15) is 11.5 Å². The summed E-state index contributed by atoms with van der Waals surface area (Å²) in [6, 6.07) is 16.0. The Morgan fingerprint density at radius 3 is 2.42 bits per heavy atom. The molecule has 2 heterocycles. The van der Waals surface area contributed by atoms with E-state index in [0.29, 0.717) is 19.0 Å². The number of hydrogen-bond donors (Lipinski definition) is 0. The third-order valence-corrected chi connectivity index (χ3v) is 6.54. The van der Waals surface area contributed by atoms with Crippen LogP contribution in [-0.4, -0.2) is 65.9 Å². The Morgan fingerprint density at radius 1 is 1.00 bits per heavy atom. The van der Waals surface area contributed by atoms with E-state index in [1.807, 2.05) is 58.1 Å². The van der Waals surface area contributed by atoms with Crippen molar-refractivity contribution in [3.8, 4) is 17.2 Å². The Labute approximate surface area is 194 Å². The van der Waals surface area contributed by atoms with Gasteiger partial charge >= 0.3 is 0 Å². The molecule has 0 radical (unpaired) electrons. The fourth-order valence-electron chi connectivity index (χ4n) is 4.57. The van der Waals surface area contributed by atoms with Gasteiger partial charge in [-0.25, -0.2) is 4.68 Å². The van der Waals surface area contributed by atoms with Gasteiger partial charge in [0, 0.05) is 44.2 Å². The molecule has 0 unspecified atom stereocenters. The zero-order valence-electron chi connectivity index (χ0n) is 19.2. The minimum atomic E-state index is 0.0951. The van der Waals surface area contributed by atoms with Gasteiger partial charge in [-0.05, 0) is 43.2 Å². The predicted octanol–water partition coefficient (Wildman–Crippen LogP) is 3.72. The molecule has 7 heteroatoms. The molecule has 1 aromatic heterocycles. The van der Waals surface area contributed by atoms with Crippen molar-refractivity contribution in [3.05, 3.63) is 71.5 Å². The summed E-state index contributed by atoms with van der Waals surface area (Å²) in [5.74, 6) is 2.20. The Morgan fingerprint density at radius 2 is 1.76 bits per heavy atom. The summed E-state index contributed by atoms with van der Waals surface area (Å²) in [7, 11) is 3.36. The van der Waals surface area contributed by atoms with Gasteiger partial charge in [0.15, 0.2) is 0 Å². The van der Waals surface area contributed by atoms with Crippen molar-refractivity contribution < 1.29 is 14.3 Å². The van der Waals surface area contributed by atoms with Gasteiger partial charge in [-0.2, -0.15) is 5.10 Å². The minimum Gasteiger partial charge on any atom is -0.497 e. The maximum Gasteiger partial charge on any atom is 0.257 e. The molecular weight excluding hydrogens is 416 g/mol. The van der Waals surface area contributed by atoms with Gasteiger partial charge in [-0.1, -0.05) is 18.2 Å². The number of carbonyl (C=O) groups is 1. The summed E-state index contributed by atoms with van der Waals surface area (Å²) in [6.45, 7) is 3.80. The van der Waals surface area contributed by atoms with Crippen LogP contribution in [0.1, 0.15) is 40.4 Å². The number of para-hydroxylation sites is 1. The number of amides is 1. The van der Waals surface area contributed by atoms with E-state index in [4.69, 9.17) is 9.47 Å².